The molecule has 3 aromatic rings. The molecule has 1 aromatic carbocycles. The number of halogens is 1. The van der Waals surface area contributed by atoms with E-state index < -0.39 is 0 Å². The number of thioether (sulfide) groups is 1. The number of allylic oxidation sites excluding steroid dienone is 1. The first kappa shape index (κ1) is 22.1. The van der Waals surface area contributed by atoms with Crippen LogP contribution in [0.4, 0.5) is 15.9 Å². The Bertz CT molecular complexity index is 1280. The number of fused-ring (bicyclic) bond motifs is 1. The molecule has 0 unspecified atom stereocenters. The van der Waals surface area contributed by atoms with Crippen LogP contribution in [0.15, 0.2) is 57.4 Å². The van der Waals surface area contributed by atoms with Gasteiger partial charge in [-0.05, 0) is 50.1 Å². The van der Waals surface area contributed by atoms with Gasteiger partial charge in [-0.2, -0.15) is 0 Å². The molecule has 0 radical (unpaired) electrons. The molecule has 0 saturated heterocycles. The lowest BCUT2D eigenvalue weighted by atomic mass is 10.1. The number of benzene rings is 1. The van der Waals surface area contributed by atoms with Gasteiger partial charge in [0, 0.05) is 39.9 Å². The fourth-order valence-electron chi connectivity index (χ4n) is 3.21. The van der Waals surface area contributed by atoms with E-state index in [2.05, 4.69) is 29.1 Å². The molecular formula is C24H26FN5OS. The second kappa shape index (κ2) is 9.16. The lowest BCUT2D eigenvalue weighted by molar-refractivity contribution is 0.628. The van der Waals surface area contributed by atoms with Crippen molar-refractivity contribution in [2.75, 3.05) is 5.32 Å². The van der Waals surface area contributed by atoms with Crippen molar-refractivity contribution in [3.8, 4) is 0 Å². The molecule has 8 heteroatoms. The average Bonchev–Trinajstić information content (AvgIpc) is 3.58. The Morgan fingerprint density at radius 2 is 2.12 bits per heavy atom. The molecule has 6 nitrogen and oxygen atoms in total. The molecule has 0 aliphatic heterocycles. The fraction of sp³-hybridized carbons (Fsp3) is 0.292. The van der Waals surface area contributed by atoms with Gasteiger partial charge >= 0.3 is 0 Å². The van der Waals surface area contributed by atoms with Crippen molar-refractivity contribution in [3.63, 3.8) is 0 Å². The summed E-state index contributed by atoms with van der Waals surface area (Å²) >= 11 is 1.59. The van der Waals surface area contributed by atoms with Crippen LogP contribution in [0.5, 0.6) is 0 Å². The molecule has 0 amide bonds. The molecule has 1 aliphatic rings. The van der Waals surface area contributed by atoms with Gasteiger partial charge in [-0.25, -0.2) is 9.37 Å². The second-order valence-corrected chi connectivity index (χ2v) is 9.75. The van der Waals surface area contributed by atoms with Gasteiger partial charge in [-0.15, -0.1) is 11.8 Å². The normalized spacial score (nSPS) is 14.6. The lowest BCUT2D eigenvalue weighted by Gasteiger charge is -2.13. The molecule has 0 atom stereocenters. The second-order valence-electron chi connectivity index (χ2n) is 8.10. The van der Waals surface area contributed by atoms with Crippen LogP contribution >= 0.6 is 11.8 Å². The van der Waals surface area contributed by atoms with Crippen LogP contribution in [0.3, 0.4) is 0 Å². The first-order valence-electron chi connectivity index (χ1n) is 10.6. The maximum atomic E-state index is 14.6. The Hall–Kier alpha value is -3.13. The third-order valence-corrected chi connectivity index (χ3v) is 6.10. The predicted molar refractivity (Wildman–Crippen MR) is 131 cm³/mol. The van der Waals surface area contributed by atoms with E-state index in [1.165, 1.54) is 16.7 Å². The van der Waals surface area contributed by atoms with Crippen molar-refractivity contribution in [1.29, 1.82) is 0 Å². The fourth-order valence-corrected chi connectivity index (χ4v) is 4.08. The van der Waals surface area contributed by atoms with Gasteiger partial charge in [0.15, 0.2) is 0 Å². The summed E-state index contributed by atoms with van der Waals surface area (Å²) in [6, 6.07) is 8.99. The van der Waals surface area contributed by atoms with Crippen LogP contribution in [-0.2, 0) is 0 Å². The van der Waals surface area contributed by atoms with Gasteiger partial charge in [0.05, 0.1) is 17.3 Å². The first-order chi connectivity index (χ1) is 15.4. The van der Waals surface area contributed by atoms with Gasteiger partial charge in [0.1, 0.15) is 17.3 Å². The van der Waals surface area contributed by atoms with Gasteiger partial charge in [-0.3, -0.25) is 14.2 Å². The zero-order valence-electron chi connectivity index (χ0n) is 18.3. The number of aliphatic imine (C=N–C) groups is 1. The molecule has 2 heterocycles. The predicted octanol–water partition coefficient (Wildman–Crippen LogP) is 4.92. The average molecular weight is 452 g/mol. The number of pyridine rings is 1. The smallest absolute Gasteiger partial charge is 0.262 e. The van der Waals surface area contributed by atoms with Crippen molar-refractivity contribution in [2.24, 2.45) is 10.7 Å². The molecule has 1 saturated carbocycles. The minimum atomic E-state index is -0.389. The molecule has 166 valence electrons. The summed E-state index contributed by atoms with van der Waals surface area (Å²) in [4.78, 5) is 22.9. The van der Waals surface area contributed by atoms with E-state index in [0.717, 1.165) is 28.9 Å². The number of nitrogens with two attached hydrogens (primary N) is 1. The Morgan fingerprint density at radius 3 is 2.78 bits per heavy atom. The van der Waals surface area contributed by atoms with Gasteiger partial charge in [0.25, 0.3) is 5.56 Å². The van der Waals surface area contributed by atoms with Crippen molar-refractivity contribution in [2.45, 2.75) is 49.8 Å². The summed E-state index contributed by atoms with van der Waals surface area (Å²) in [5, 5.41) is 3.34. The summed E-state index contributed by atoms with van der Waals surface area (Å²) in [6.07, 6.45) is 7.15. The largest absolute Gasteiger partial charge is 0.404 e. The Morgan fingerprint density at radius 1 is 1.34 bits per heavy atom. The number of nitrogens with one attached hydrogen (secondary N) is 1. The van der Waals surface area contributed by atoms with Crippen LogP contribution in [-0.4, -0.2) is 26.9 Å². The van der Waals surface area contributed by atoms with Crippen molar-refractivity contribution in [3.05, 3.63) is 70.0 Å². The minimum absolute atomic E-state index is 0.234. The Balaban J connectivity index is 1.66. The summed E-state index contributed by atoms with van der Waals surface area (Å²) in [5.41, 5.74) is 8.19. The van der Waals surface area contributed by atoms with Crippen LogP contribution in [0.2, 0.25) is 0 Å². The highest BCUT2D eigenvalue weighted by atomic mass is 32.2. The van der Waals surface area contributed by atoms with E-state index in [0.29, 0.717) is 28.3 Å². The van der Waals surface area contributed by atoms with Gasteiger partial charge < -0.3 is 11.1 Å². The number of anilines is 2. The highest BCUT2D eigenvalue weighted by Crippen LogP contribution is 2.28. The van der Waals surface area contributed by atoms with E-state index in [1.807, 2.05) is 12.1 Å². The molecule has 32 heavy (non-hydrogen) atoms. The molecule has 1 fully saturated rings. The molecule has 2 aromatic heterocycles. The minimum Gasteiger partial charge on any atom is -0.404 e. The lowest BCUT2D eigenvalue weighted by Crippen LogP contribution is -2.20. The van der Waals surface area contributed by atoms with E-state index in [9.17, 15) is 9.18 Å². The number of hydrogen-bond acceptors (Lipinski definition) is 6. The molecular weight excluding hydrogens is 425 g/mol. The standard InChI is InChI=1S/C24H26FN5OS/c1-14(2)32-19-7-8-21(20(25)10-19)28-23-15(3)24(31)30-13-16(4-9-22(30)29-23)17(11-26)12-27-18-5-6-18/h4,7-14,18,28H,5-6,26H2,1-3H3/b17-11+,27-12?. The van der Waals surface area contributed by atoms with E-state index >= 15 is 0 Å². The Labute approximate surface area is 190 Å². The SMILES string of the molecule is Cc1c(Nc2ccc(SC(C)C)cc2F)nc2ccc(/C(C=NC3CC3)=C/N)cn2c1=O. The quantitative estimate of drug-likeness (QED) is 0.393. The van der Waals surface area contributed by atoms with E-state index in [1.54, 1.807) is 43.2 Å². The Kier molecular flexibility index (Phi) is 6.32. The third kappa shape index (κ3) is 4.85. The van der Waals surface area contributed by atoms with Gasteiger partial charge in [-0.1, -0.05) is 13.8 Å². The van der Waals surface area contributed by atoms with Crippen molar-refractivity contribution in [1.82, 2.24) is 9.38 Å². The van der Waals surface area contributed by atoms with Crippen LogP contribution in [0.25, 0.3) is 11.2 Å². The van der Waals surface area contributed by atoms with E-state index in [4.69, 9.17) is 5.73 Å². The van der Waals surface area contributed by atoms with Gasteiger partial charge in [0.2, 0.25) is 0 Å². The highest BCUT2D eigenvalue weighted by Gasteiger charge is 2.19. The number of hydrogen-bond donors (Lipinski definition) is 2. The number of rotatable bonds is 7. The van der Waals surface area contributed by atoms with Crippen LogP contribution in [0, 0.1) is 12.7 Å². The zero-order valence-corrected chi connectivity index (χ0v) is 19.1. The first-order valence-corrected chi connectivity index (χ1v) is 11.5. The topological polar surface area (TPSA) is 84.8 Å². The van der Waals surface area contributed by atoms with Crippen molar-refractivity contribution >= 4 is 40.7 Å². The monoisotopic (exact) mass is 451 g/mol. The highest BCUT2D eigenvalue weighted by molar-refractivity contribution is 7.99. The number of aromatic nitrogens is 2. The summed E-state index contributed by atoms with van der Waals surface area (Å²) < 4.78 is 16.1. The maximum absolute atomic E-state index is 14.6. The molecule has 1 aliphatic carbocycles. The van der Waals surface area contributed by atoms with E-state index in [-0.39, 0.29) is 17.1 Å². The number of nitrogens with zero attached hydrogens (tertiary/aromatic N) is 3. The summed E-state index contributed by atoms with van der Waals surface area (Å²) in [6.45, 7) is 5.79. The molecule has 0 bridgehead atoms. The zero-order chi connectivity index (χ0) is 22.8. The summed E-state index contributed by atoms with van der Waals surface area (Å²) in [5.74, 6) is -0.0594. The maximum Gasteiger partial charge on any atom is 0.262 e. The molecule has 0 spiro atoms. The molecule has 3 N–H and O–H groups in total. The summed E-state index contributed by atoms with van der Waals surface area (Å²) in [7, 11) is 0. The molecule has 4 rings (SSSR count). The van der Waals surface area contributed by atoms with Crippen molar-refractivity contribution < 1.29 is 4.39 Å². The van der Waals surface area contributed by atoms with Crippen LogP contribution < -0.4 is 16.6 Å². The van der Waals surface area contributed by atoms with Crippen LogP contribution in [0.1, 0.15) is 37.8 Å². The third-order valence-electron chi connectivity index (χ3n) is 5.10.